The Morgan fingerprint density at radius 1 is 1.06 bits per heavy atom. The topological polar surface area (TPSA) is 111 Å². The highest BCUT2D eigenvalue weighted by molar-refractivity contribution is 7.46. The third-order valence-corrected chi connectivity index (χ3v) is 6.96. The molecule has 0 unspecified atom stereocenters. The van der Waals surface area contributed by atoms with Crippen LogP contribution in [0.4, 0.5) is 0 Å². The van der Waals surface area contributed by atoms with Crippen LogP contribution in [0.25, 0.3) is 0 Å². The quantitative estimate of drug-likeness (QED) is 0.386. The molecule has 0 saturated heterocycles. The van der Waals surface area contributed by atoms with Crippen LogP contribution in [0.2, 0.25) is 0 Å². The highest BCUT2D eigenvalue weighted by atomic mass is 31.2. The standard InChI is InChI=1S/C24H32NO6P/c25-24(17-31-32(26,27)28)11-10-21(16-24)19-6-7-20-15-23(9-8-18(20)14-19)30-13-12-29-22-4-2-1-3-5-22/h1-7,14,21,23H,8-13,15-17,25H2,(H2,26,27,28)/t21-,23-,24+/m1/s1. The van der Waals surface area contributed by atoms with Gasteiger partial charge in [0.1, 0.15) is 12.4 Å². The fourth-order valence-electron chi connectivity index (χ4n) is 4.81. The van der Waals surface area contributed by atoms with Gasteiger partial charge in [-0.05, 0) is 73.3 Å². The molecule has 174 valence electrons. The minimum atomic E-state index is -4.50. The van der Waals surface area contributed by atoms with Crippen molar-refractivity contribution in [3.05, 3.63) is 65.2 Å². The number of ether oxygens (including phenoxy) is 2. The van der Waals surface area contributed by atoms with Gasteiger partial charge in [-0.1, -0.05) is 36.4 Å². The number of phosphoric acid groups is 1. The second-order valence-electron chi connectivity index (χ2n) is 8.99. The van der Waals surface area contributed by atoms with Crippen molar-refractivity contribution in [1.82, 2.24) is 0 Å². The summed E-state index contributed by atoms with van der Waals surface area (Å²) in [6.07, 6.45) is 5.34. The van der Waals surface area contributed by atoms with Gasteiger partial charge in [0.15, 0.2) is 0 Å². The second kappa shape index (κ2) is 10.0. The molecular weight excluding hydrogens is 429 g/mol. The van der Waals surface area contributed by atoms with Gasteiger partial charge < -0.3 is 25.0 Å². The summed E-state index contributed by atoms with van der Waals surface area (Å²) in [7, 11) is -4.50. The molecule has 2 aliphatic carbocycles. The molecule has 2 aromatic carbocycles. The lowest BCUT2D eigenvalue weighted by Gasteiger charge is -2.27. The Morgan fingerprint density at radius 3 is 2.66 bits per heavy atom. The third kappa shape index (κ3) is 6.41. The van der Waals surface area contributed by atoms with Gasteiger partial charge in [0.05, 0.1) is 19.3 Å². The Hall–Kier alpha value is -1.73. The Bertz CT molecular complexity index is 949. The molecule has 0 aromatic heterocycles. The highest BCUT2D eigenvalue weighted by Crippen LogP contribution is 2.44. The van der Waals surface area contributed by atoms with E-state index in [1.165, 1.54) is 16.7 Å². The van der Waals surface area contributed by atoms with E-state index in [0.717, 1.165) is 31.4 Å². The molecule has 4 rings (SSSR count). The maximum Gasteiger partial charge on any atom is 0.469 e. The van der Waals surface area contributed by atoms with E-state index >= 15 is 0 Å². The number of benzene rings is 2. The Morgan fingerprint density at radius 2 is 1.88 bits per heavy atom. The molecule has 0 amide bonds. The van der Waals surface area contributed by atoms with E-state index in [4.69, 9.17) is 25.0 Å². The molecule has 3 atom stereocenters. The number of aryl methyl sites for hydroxylation is 1. The Kier molecular flexibility index (Phi) is 7.35. The number of hydrogen-bond acceptors (Lipinski definition) is 5. The van der Waals surface area contributed by atoms with Crippen LogP contribution < -0.4 is 10.5 Å². The number of hydrogen-bond donors (Lipinski definition) is 3. The lowest BCUT2D eigenvalue weighted by atomic mass is 9.85. The normalized spacial score (nSPS) is 25.5. The van der Waals surface area contributed by atoms with Gasteiger partial charge in [0.25, 0.3) is 0 Å². The molecule has 0 heterocycles. The maximum atomic E-state index is 11.0. The van der Waals surface area contributed by atoms with Gasteiger partial charge in [0.2, 0.25) is 0 Å². The average Bonchev–Trinajstić information content (AvgIpc) is 3.18. The maximum absolute atomic E-state index is 11.0. The van der Waals surface area contributed by atoms with Gasteiger partial charge in [0, 0.05) is 5.54 Å². The summed E-state index contributed by atoms with van der Waals surface area (Å²) in [6, 6.07) is 16.4. The third-order valence-electron chi connectivity index (χ3n) is 6.50. The van der Waals surface area contributed by atoms with Gasteiger partial charge in [-0.3, -0.25) is 4.52 Å². The van der Waals surface area contributed by atoms with Crippen molar-refractivity contribution in [1.29, 1.82) is 0 Å². The van der Waals surface area contributed by atoms with Crippen LogP contribution in [-0.2, 0) is 26.7 Å². The molecule has 0 spiro atoms. The van der Waals surface area contributed by atoms with Crippen LogP contribution in [-0.4, -0.2) is 41.3 Å². The van der Waals surface area contributed by atoms with Crippen molar-refractivity contribution < 1.29 is 28.3 Å². The smallest absolute Gasteiger partial charge is 0.469 e. The van der Waals surface area contributed by atoms with Crippen LogP contribution in [0.15, 0.2) is 48.5 Å². The molecule has 4 N–H and O–H groups in total. The number of para-hydroxylation sites is 1. The van der Waals surface area contributed by atoms with Crippen molar-refractivity contribution in [3.8, 4) is 5.75 Å². The summed E-state index contributed by atoms with van der Waals surface area (Å²) in [5.41, 5.74) is 9.60. The summed E-state index contributed by atoms with van der Waals surface area (Å²) >= 11 is 0. The fourth-order valence-corrected chi connectivity index (χ4v) is 5.24. The molecule has 7 nitrogen and oxygen atoms in total. The van der Waals surface area contributed by atoms with E-state index in [1.54, 1.807) is 0 Å². The van der Waals surface area contributed by atoms with Crippen molar-refractivity contribution in [2.45, 2.75) is 56.1 Å². The highest BCUT2D eigenvalue weighted by Gasteiger charge is 2.38. The van der Waals surface area contributed by atoms with Crippen LogP contribution in [0.3, 0.4) is 0 Å². The van der Waals surface area contributed by atoms with E-state index in [9.17, 15) is 4.57 Å². The predicted molar refractivity (Wildman–Crippen MR) is 122 cm³/mol. The van der Waals surface area contributed by atoms with E-state index in [-0.39, 0.29) is 18.6 Å². The molecule has 0 aliphatic heterocycles. The first-order valence-electron chi connectivity index (χ1n) is 11.2. The monoisotopic (exact) mass is 461 g/mol. The van der Waals surface area contributed by atoms with Gasteiger partial charge >= 0.3 is 7.82 Å². The van der Waals surface area contributed by atoms with Crippen LogP contribution in [0.5, 0.6) is 5.75 Å². The Labute approximate surface area is 189 Å². The Balaban J connectivity index is 1.26. The zero-order chi connectivity index (χ0) is 22.6. The number of phosphoric ester groups is 1. The molecule has 0 bridgehead atoms. The molecule has 0 radical (unpaired) electrons. The van der Waals surface area contributed by atoms with Crippen LogP contribution >= 0.6 is 7.82 Å². The molecule has 32 heavy (non-hydrogen) atoms. The molecule has 2 aliphatic rings. The number of fused-ring (bicyclic) bond motifs is 1. The second-order valence-corrected chi connectivity index (χ2v) is 10.2. The zero-order valence-electron chi connectivity index (χ0n) is 18.2. The molecule has 1 saturated carbocycles. The van der Waals surface area contributed by atoms with E-state index in [0.29, 0.717) is 26.1 Å². The summed E-state index contributed by atoms with van der Waals surface area (Å²) in [5.74, 6) is 1.15. The lowest BCUT2D eigenvalue weighted by molar-refractivity contribution is 0.0262. The zero-order valence-corrected chi connectivity index (χ0v) is 19.1. The van der Waals surface area contributed by atoms with Crippen LogP contribution in [0, 0.1) is 0 Å². The van der Waals surface area contributed by atoms with Crippen LogP contribution in [0.1, 0.15) is 48.3 Å². The predicted octanol–water partition coefficient (Wildman–Crippen LogP) is 3.71. The fraction of sp³-hybridized carbons (Fsp3) is 0.500. The van der Waals surface area contributed by atoms with Crippen molar-refractivity contribution in [2.24, 2.45) is 5.73 Å². The van der Waals surface area contributed by atoms with Crippen molar-refractivity contribution >= 4 is 7.82 Å². The molecule has 1 fully saturated rings. The first-order chi connectivity index (χ1) is 15.3. The molecular formula is C24H32NO6P. The minimum absolute atomic E-state index is 0.119. The molecule has 8 heteroatoms. The largest absolute Gasteiger partial charge is 0.491 e. The number of nitrogens with two attached hydrogens (primary N) is 1. The summed E-state index contributed by atoms with van der Waals surface area (Å²) in [4.78, 5) is 17.9. The summed E-state index contributed by atoms with van der Waals surface area (Å²) < 4.78 is 27.5. The average molecular weight is 461 g/mol. The minimum Gasteiger partial charge on any atom is -0.491 e. The summed E-state index contributed by atoms with van der Waals surface area (Å²) in [5, 5.41) is 0. The van der Waals surface area contributed by atoms with E-state index < -0.39 is 13.4 Å². The van der Waals surface area contributed by atoms with Crippen molar-refractivity contribution in [3.63, 3.8) is 0 Å². The SMILES string of the molecule is N[C@@]1(COP(=O)(O)O)CC[C@@H](c2ccc3c(c2)CC[C@@H](OCCOc2ccccc2)C3)C1. The number of rotatable bonds is 9. The summed E-state index contributed by atoms with van der Waals surface area (Å²) in [6.45, 7) is 0.997. The van der Waals surface area contributed by atoms with Crippen molar-refractivity contribution in [2.75, 3.05) is 19.8 Å². The lowest BCUT2D eigenvalue weighted by Crippen LogP contribution is -2.41. The first kappa shape index (κ1) is 23.4. The first-order valence-corrected chi connectivity index (χ1v) is 12.7. The molecule has 2 aromatic rings. The van der Waals surface area contributed by atoms with Gasteiger partial charge in [-0.25, -0.2) is 4.57 Å². The van der Waals surface area contributed by atoms with Gasteiger partial charge in [-0.15, -0.1) is 0 Å². The van der Waals surface area contributed by atoms with Gasteiger partial charge in [-0.2, -0.15) is 0 Å². The van der Waals surface area contributed by atoms with E-state index in [1.807, 2.05) is 30.3 Å². The van der Waals surface area contributed by atoms with E-state index in [2.05, 4.69) is 22.7 Å².